The van der Waals surface area contributed by atoms with Crippen molar-refractivity contribution < 1.29 is 9.59 Å². The number of nitrogens with zero attached hydrogens (tertiary/aromatic N) is 3. The van der Waals surface area contributed by atoms with Crippen LogP contribution in [0.1, 0.15) is 53.2 Å². The van der Waals surface area contributed by atoms with Gasteiger partial charge in [-0.05, 0) is 43.2 Å². The van der Waals surface area contributed by atoms with E-state index in [4.69, 9.17) is 0 Å². The van der Waals surface area contributed by atoms with Crippen molar-refractivity contribution in [2.24, 2.45) is 0 Å². The molecule has 0 radical (unpaired) electrons. The van der Waals surface area contributed by atoms with Crippen LogP contribution in [-0.2, 0) is 6.54 Å². The van der Waals surface area contributed by atoms with Crippen molar-refractivity contribution in [1.29, 1.82) is 0 Å². The molecule has 1 N–H and O–H groups in total. The lowest BCUT2D eigenvalue weighted by molar-refractivity contribution is 0.0790. The van der Waals surface area contributed by atoms with E-state index in [1.807, 2.05) is 26.8 Å². The highest BCUT2D eigenvalue weighted by Crippen LogP contribution is 2.17. The van der Waals surface area contributed by atoms with Gasteiger partial charge < -0.3 is 10.2 Å². The first kappa shape index (κ1) is 21.2. The van der Waals surface area contributed by atoms with E-state index < -0.39 is 0 Å². The number of nitrogens with one attached hydrogen (secondary N) is 1. The summed E-state index contributed by atoms with van der Waals surface area (Å²) in [4.78, 5) is 26.9. The van der Waals surface area contributed by atoms with Crippen molar-refractivity contribution in [2.45, 2.75) is 33.2 Å². The van der Waals surface area contributed by atoms with Gasteiger partial charge in [0, 0.05) is 30.9 Å². The molecule has 1 aromatic carbocycles. The van der Waals surface area contributed by atoms with Gasteiger partial charge >= 0.3 is 0 Å². The molecule has 0 aliphatic rings. The summed E-state index contributed by atoms with van der Waals surface area (Å²) in [6.07, 6.45) is 3.36. The van der Waals surface area contributed by atoms with E-state index in [0.29, 0.717) is 36.6 Å². The van der Waals surface area contributed by atoms with Crippen LogP contribution in [-0.4, -0.2) is 39.6 Å². The number of rotatable bonds is 9. The molecular weight excluding hydrogens is 352 g/mol. The fourth-order valence-electron chi connectivity index (χ4n) is 2.77. The highest BCUT2D eigenvalue weighted by Gasteiger charge is 2.17. The zero-order valence-electron chi connectivity index (χ0n) is 16.8. The summed E-state index contributed by atoms with van der Waals surface area (Å²) in [7, 11) is 0. The average molecular weight is 380 g/mol. The van der Waals surface area contributed by atoms with Crippen LogP contribution in [0.5, 0.6) is 0 Å². The van der Waals surface area contributed by atoms with Crippen LogP contribution < -0.4 is 5.32 Å². The van der Waals surface area contributed by atoms with Crippen LogP contribution in [0, 0.1) is 0 Å². The van der Waals surface area contributed by atoms with Gasteiger partial charge in [-0.15, -0.1) is 13.2 Å². The van der Waals surface area contributed by atoms with Crippen LogP contribution in [0.4, 0.5) is 5.69 Å². The van der Waals surface area contributed by atoms with Gasteiger partial charge in [-0.3, -0.25) is 14.3 Å². The van der Waals surface area contributed by atoms with Crippen LogP contribution in [0.3, 0.4) is 0 Å². The maximum Gasteiger partial charge on any atom is 0.273 e. The molecule has 0 aliphatic carbocycles. The fraction of sp³-hybridized carbons (Fsp3) is 0.318. The van der Waals surface area contributed by atoms with Gasteiger partial charge in [0.2, 0.25) is 0 Å². The molecule has 0 spiro atoms. The van der Waals surface area contributed by atoms with Gasteiger partial charge in [0.05, 0.1) is 5.69 Å². The van der Waals surface area contributed by atoms with Crippen LogP contribution in [0.15, 0.2) is 55.6 Å². The van der Waals surface area contributed by atoms with Gasteiger partial charge in [-0.25, -0.2) is 0 Å². The lowest BCUT2D eigenvalue weighted by Crippen LogP contribution is -2.31. The smallest absolute Gasteiger partial charge is 0.273 e. The van der Waals surface area contributed by atoms with E-state index in [1.165, 1.54) is 0 Å². The third-order valence-electron chi connectivity index (χ3n) is 4.30. The Morgan fingerprint density at radius 2 is 1.79 bits per heavy atom. The Morgan fingerprint density at radius 3 is 2.29 bits per heavy atom. The minimum absolute atomic E-state index is 0.108. The lowest BCUT2D eigenvalue weighted by Gasteiger charge is -2.19. The minimum Gasteiger partial charge on any atom is -0.331 e. The zero-order valence-corrected chi connectivity index (χ0v) is 16.8. The Bertz CT molecular complexity index is 840. The number of benzene rings is 1. The third kappa shape index (κ3) is 4.97. The summed E-state index contributed by atoms with van der Waals surface area (Å²) in [5.41, 5.74) is 2.57. The number of aryl methyl sites for hydroxylation is 1. The van der Waals surface area contributed by atoms with Crippen LogP contribution in [0.2, 0.25) is 0 Å². The summed E-state index contributed by atoms with van der Waals surface area (Å²) in [5.74, 6) is -0.0812. The van der Waals surface area contributed by atoms with E-state index >= 15 is 0 Å². The second kappa shape index (κ2) is 9.69. The molecule has 0 fully saturated rings. The summed E-state index contributed by atoms with van der Waals surface area (Å²) in [6, 6.07) is 8.67. The third-order valence-corrected chi connectivity index (χ3v) is 4.30. The highest BCUT2D eigenvalue weighted by molar-refractivity contribution is 6.03. The van der Waals surface area contributed by atoms with E-state index in [9.17, 15) is 9.59 Å². The Hall–Kier alpha value is -3.15. The molecule has 2 amide bonds. The van der Waals surface area contributed by atoms with Crippen molar-refractivity contribution in [2.75, 3.05) is 18.4 Å². The maximum absolute atomic E-state index is 12.7. The molecule has 148 valence electrons. The van der Waals surface area contributed by atoms with Crippen molar-refractivity contribution in [3.63, 3.8) is 0 Å². The Labute approximate surface area is 166 Å². The van der Waals surface area contributed by atoms with Crippen molar-refractivity contribution in [3.05, 3.63) is 72.6 Å². The van der Waals surface area contributed by atoms with Crippen molar-refractivity contribution in [1.82, 2.24) is 14.7 Å². The molecule has 0 aliphatic heterocycles. The second-order valence-corrected chi connectivity index (χ2v) is 6.74. The van der Waals surface area contributed by atoms with Crippen LogP contribution >= 0.6 is 0 Å². The number of hydrogen-bond acceptors (Lipinski definition) is 3. The average Bonchev–Trinajstić information content (AvgIpc) is 3.13. The Balaban J connectivity index is 2.14. The monoisotopic (exact) mass is 380 g/mol. The molecule has 1 heterocycles. The summed E-state index contributed by atoms with van der Waals surface area (Å²) < 4.78 is 1.70. The largest absolute Gasteiger partial charge is 0.331 e. The first-order chi connectivity index (χ1) is 13.4. The van der Waals surface area contributed by atoms with Gasteiger partial charge in [-0.1, -0.05) is 26.0 Å². The lowest BCUT2D eigenvalue weighted by atomic mass is 10.1. The summed E-state index contributed by atoms with van der Waals surface area (Å²) in [6.45, 7) is 14.9. The van der Waals surface area contributed by atoms with E-state index in [1.54, 1.807) is 46.0 Å². The summed E-state index contributed by atoms with van der Waals surface area (Å²) in [5, 5.41) is 7.35. The molecule has 28 heavy (non-hydrogen) atoms. The number of aromatic nitrogens is 2. The number of carbonyl (C=O) groups is 2. The number of anilines is 1. The molecule has 6 nitrogen and oxygen atoms in total. The first-order valence-corrected chi connectivity index (χ1v) is 9.41. The van der Waals surface area contributed by atoms with E-state index in [2.05, 4.69) is 23.6 Å². The number of hydrogen-bond donors (Lipinski definition) is 1. The first-order valence-electron chi connectivity index (χ1n) is 9.41. The quantitative estimate of drug-likeness (QED) is 0.666. The van der Waals surface area contributed by atoms with Crippen molar-refractivity contribution >= 4 is 17.5 Å². The molecule has 1 aromatic heterocycles. The van der Waals surface area contributed by atoms with Gasteiger partial charge in [-0.2, -0.15) is 5.10 Å². The van der Waals surface area contributed by atoms with E-state index in [0.717, 1.165) is 5.69 Å². The molecule has 0 bridgehead atoms. The Kier molecular flexibility index (Phi) is 7.32. The predicted molar refractivity (Wildman–Crippen MR) is 113 cm³/mol. The van der Waals surface area contributed by atoms with Crippen LogP contribution in [0.25, 0.3) is 0 Å². The van der Waals surface area contributed by atoms with Gasteiger partial charge in [0.15, 0.2) is 0 Å². The summed E-state index contributed by atoms with van der Waals surface area (Å²) >= 11 is 0. The van der Waals surface area contributed by atoms with Crippen molar-refractivity contribution in [3.8, 4) is 0 Å². The molecule has 2 aromatic rings. The molecule has 0 atom stereocenters. The molecule has 0 saturated heterocycles. The van der Waals surface area contributed by atoms with Gasteiger partial charge in [0.25, 0.3) is 11.8 Å². The predicted octanol–water partition coefficient (Wildman–Crippen LogP) is 4.09. The maximum atomic E-state index is 12.7. The van der Waals surface area contributed by atoms with E-state index in [-0.39, 0.29) is 17.7 Å². The van der Waals surface area contributed by atoms with Gasteiger partial charge in [0.1, 0.15) is 5.69 Å². The molecular formula is C22H28N4O2. The number of amides is 2. The molecule has 0 unspecified atom stereocenters. The zero-order chi connectivity index (χ0) is 20.7. The topological polar surface area (TPSA) is 67.2 Å². The highest BCUT2D eigenvalue weighted by atomic mass is 16.2. The SMILES string of the molecule is C=CCN(CC=C)C(=O)c1ccc(NC(=O)c2cc(C(C)C)nn2CC)cc1. The number of carbonyl (C=O) groups excluding carboxylic acids is 2. The second-order valence-electron chi connectivity index (χ2n) is 6.74. The Morgan fingerprint density at radius 1 is 1.18 bits per heavy atom. The normalized spacial score (nSPS) is 10.6. The standard InChI is InChI=1S/C22H28N4O2/c1-6-13-25(14-7-2)22(28)17-9-11-18(12-10-17)23-21(27)20-15-19(16(4)5)24-26(20)8-3/h6-7,9-12,15-16H,1-2,8,13-14H2,3-5H3,(H,23,27). The molecule has 2 rings (SSSR count). The molecule has 6 heteroatoms. The fourth-order valence-corrected chi connectivity index (χ4v) is 2.77. The minimum atomic E-state index is -0.222. The molecule has 0 saturated carbocycles.